The highest BCUT2D eigenvalue weighted by Crippen LogP contribution is 2.29. The standard InChI is InChI=1S/C57H82N14O13S.C2HF3O2/c58-47(72)32-68-21-22-69(33-48(59)73)25-26-71(35-50(61)75)43(31-70(24-23-68)34-49(60)74)28-36-11-16-42(17-12-36)64-57(85)63-30-37-8-14-40(15-9-37)52(78)65-46(29-38-10-13-39-5-1-2-6-41(39)27-38)53(79)62-20-4-3-7-44(54(80)81)66-56(84)67-45(55(82)83)18-19-51(76)77;3-2(4,5)1(6)7/h1-2,5-6,10-13,16-17,27,37,40,43-46H,3-4,7-9,14-15,18-26,28-35H2,(H2,58,72)(H2,59,73)(H2,60,74)(H2,61,75)(H,62,79)(H,65,78)(H,76,77)(H,80,81)(H,82,83)(H2,63,64,85)(H2,66,67,84);(H,6,7)/t37?,40?,43?,44-,45-,46-;/m0./s1. The third kappa shape index (κ3) is 29.0. The van der Waals surface area contributed by atoms with Crippen LogP contribution in [0.3, 0.4) is 0 Å². The summed E-state index contributed by atoms with van der Waals surface area (Å²) >= 11 is 5.69. The molecule has 18 N–H and O–H groups in total. The number of nitrogens with zero attached hydrogens (tertiary/aromatic N) is 4. The van der Waals surface area contributed by atoms with E-state index in [2.05, 4.69) is 31.9 Å². The molecule has 33 heteroatoms. The minimum absolute atomic E-state index is 0.0270. The number of alkyl halides is 3. The zero-order chi connectivity index (χ0) is 68.1. The zero-order valence-corrected chi connectivity index (χ0v) is 51.5. The van der Waals surface area contributed by atoms with Gasteiger partial charge < -0.3 is 75.3 Å². The molecule has 1 saturated carbocycles. The Balaban J connectivity index is 0.00000243. The number of carboxylic acid groups (broad SMARTS) is 4. The van der Waals surface area contributed by atoms with Crippen molar-refractivity contribution in [3.8, 4) is 0 Å². The van der Waals surface area contributed by atoms with E-state index in [0.717, 1.165) is 40.4 Å². The number of fused-ring (bicyclic) bond motifs is 1. The number of anilines is 1. The van der Waals surface area contributed by atoms with Gasteiger partial charge in [-0.3, -0.25) is 53.2 Å². The van der Waals surface area contributed by atoms with Gasteiger partial charge >= 0.3 is 36.1 Å². The van der Waals surface area contributed by atoms with Crippen LogP contribution in [0.5, 0.6) is 0 Å². The van der Waals surface area contributed by atoms with Gasteiger partial charge in [0, 0.05) is 89.4 Å². The number of thiocarbonyl (C=S) groups is 1. The molecule has 3 aromatic rings. The van der Waals surface area contributed by atoms with E-state index in [1.807, 2.05) is 86.3 Å². The summed E-state index contributed by atoms with van der Waals surface area (Å²) in [5.74, 6) is -9.82. The molecule has 29 nitrogen and oxygen atoms in total. The van der Waals surface area contributed by atoms with Crippen molar-refractivity contribution in [3.63, 3.8) is 0 Å². The molecule has 0 radical (unpaired) electrons. The van der Waals surface area contributed by atoms with Crippen molar-refractivity contribution in [1.29, 1.82) is 0 Å². The minimum atomic E-state index is -5.08. The third-order valence-electron chi connectivity index (χ3n) is 15.3. The molecule has 1 aliphatic heterocycles. The summed E-state index contributed by atoms with van der Waals surface area (Å²) in [4.78, 5) is 140. The van der Waals surface area contributed by atoms with E-state index >= 15 is 0 Å². The fourth-order valence-corrected chi connectivity index (χ4v) is 10.8. The monoisotopic (exact) mass is 1320 g/mol. The molecule has 1 unspecified atom stereocenters. The molecule has 1 heterocycles. The van der Waals surface area contributed by atoms with Gasteiger partial charge in [0.2, 0.25) is 35.4 Å². The zero-order valence-electron chi connectivity index (χ0n) is 50.7. The van der Waals surface area contributed by atoms with Crippen LogP contribution < -0.4 is 54.8 Å². The lowest BCUT2D eigenvalue weighted by molar-refractivity contribution is -0.192. The predicted molar refractivity (Wildman–Crippen MR) is 333 cm³/mol. The second kappa shape index (κ2) is 38.2. The fraction of sp³-hybridized carbons (Fsp3) is 0.525. The number of rotatable bonds is 30. The van der Waals surface area contributed by atoms with E-state index < -0.39 is 96.6 Å². The quantitative estimate of drug-likeness (QED) is 0.0302. The maximum atomic E-state index is 13.9. The number of aliphatic carboxylic acids is 4. The molecule has 2 aliphatic rings. The molecule has 1 saturated heterocycles. The van der Waals surface area contributed by atoms with Crippen LogP contribution in [0.15, 0.2) is 66.7 Å². The summed E-state index contributed by atoms with van der Waals surface area (Å²) in [6.45, 7) is 2.98. The Morgan fingerprint density at radius 1 is 0.598 bits per heavy atom. The summed E-state index contributed by atoms with van der Waals surface area (Å²) in [6.07, 6.45) is -2.27. The average Bonchev–Trinajstić information content (AvgIpc) is 0.905. The SMILES string of the molecule is NC(=O)CN1CCN(CC(N)=O)CCN(CC(N)=O)C(Cc2ccc(NC(=S)NCC3CCC(C(=O)N[C@@H](Cc4ccc5ccccc5c4)C(=O)NCCCC[C@H](NC(=O)N[C@@H](CCC(=O)O)C(=O)O)C(=O)O)CC3)cc2)CN(CC(N)=O)CC1.O=C(O)C(F)(F)F. The van der Waals surface area contributed by atoms with Crippen LogP contribution in [0.25, 0.3) is 10.8 Å². The number of halogens is 3. The van der Waals surface area contributed by atoms with Crippen LogP contribution in [0, 0.1) is 11.8 Å². The van der Waals surface area contributed by atoms with E-state index in [-0.39, 0.29) is 75.8 Å². The van der Waals surface area contributed by atoms with E-state index in [4.69, 9.17) is 50.2 Å². The molecule has 0 bridgehead atoms. The first-order valence-electron chi connectivity index (χ1n) is 29.7. The molecule has 3 aromatic carbocycles. The molecular formula is C59H83F3N14O15S. The fourth-order valence-electron chi connectivity index (χ4n) is 10.6. The predicted octanol–water partition coefficient (Wildman–Crippen LogP) is -0.276. The van der Waals surface area contributed by atoms with Crippen LogP contribution in [-0.4, -0.2) is 226 Å². The van der Waals surface area contributed by atoms with Crippen molar-refractivity contribution in [1.82, 2.24) is 46.2 Å². The Bertz CT molecular complexity index is 3030. The first-order chi connectivity index (χ1) is 43.4. The van der Waals surface area contributed by atoms with Crippen molar-refractivity contribution < 1.29 is 86.3 Å². The van der Waals surface area contributed by atoms with E-state index in [0.29, 0.717) is 83.2 Å². The third-order valence-corrected chi connectivity index (χ3v) is 15.6. The first kappa shape index (κ1) is 75.7. The van der Waals surface area contributed by atoms with Crippen molar-refractivity contribution in [2.75, 3.05) is 90.4 Å². The molecule has 5 rings (SSSR count). The van der Waals surface area contributed by atoms with E-state index in [9.17, 15) is 71.3 Å². The van der Waals surface area contributed by atoms with Crippen molar-refractivity contribution in [2.45, 2.75) is 101 Å². The highest BCUT2D eigenvalue weighted by atomic mass is 32.1. The Hall–Kier alpha value is -8.79. The Kier molecular flexibility index (Phi) is 31.4. The summed E-state index contributed by atoms with van der Waals surface area (Å²) < 4.78 is 31.7. The summed E-state index contributed by atoms with van der Waals surface area (Å²) in [6, 6.07) is 15.9. The van der Waals surface area contributed by atoms with Gasteiger partial charge in [-0.2, -0.15) is 13.2 Å². The number of carboxylic acids is 4. The van der Waals surface area contributed by atoms with Crippen molar-refractivity contribution in [2.24, 2.45) is 34.8 Å². The Morgan fingerprint density at radius 2 is 1.12 bits per heavy atom. The molecule has 8 amide bonds. The van der Waals surface area contributed by atoms with Gasteiger partial charge in [-0.1, -0.05) is 54.6 Å². The van der Waals surface area contributed by atoms with Crippen molar-refractivity contribution >= 4 is 99.1 Å². The molecule has 92 heavy (non-hydrogen) atoms. The molecular weight excluding hydrogens is 1230 g/mol. The lowest BCUT2D eigenvalue weighted by atomic mass is 9.81. The summed E-state index contributed by atoms with van der Waals surface area (Å²) in [5, 5.41) is 54.2. The first-order valence-corrected chi connectivity index (χ1v) is 30.1. The van der Waals surface area contributed by atoms with Gasteiger partial charge in [0.05, 0.1) is 26.2 Å². The second-order valence-corrected chi connectivity index (χ2v) is 23.0. The van der Waals surface area contributed by atoms with Crippen LogP contribution in [0.2, 0.25) is 0 Å². The Labute approximate surface area is 533 Å². The lowest BCUT2D eigenvalue weighted by Gasteiger charge is -2.38. The summed E-state index contributed by atoms with van der Waals surface area (Å²) in [7, 11) is 0. The van der Waals surface area contributed by atoms with Gasteiger partial charge in [0.1, 0.15) is 18.1 Å². The number of primary amides is 4. The number of nitrogens with two attached hydrogens (primary N) is 4. The van der Waals surface area contributed by atoms with Crippen LogP contribution in [0.4, 0.5) is 23.7 Å². The number of hydrogen-bond donors (Lipinski definition) is 14. The van der Waals surface area contributed by atoms with Gasteiger partial charge in [-0.25, -0.2) is 19.2 Å². The van der Waals surface area contributed by atoms with E-state index in [1.165, 1.54) is 0 Å². The van der Waals surface area contributed by atoms with E-state index in [1.54, 1.807) is 0 Å². The highest BCUT2D eigenvalue weighted by molar-refractivity contribution is 7.80. The Morgan fingerprint density at radius 3 is 1.66 bits per heavy atom. The molecule has 0 aromatic heterocycles. The number of carbonyl (C=O) groups excluding carboxylic acids is 7. The van der Waals surface area contributed by atoms with Gasteiger partial charge in [-0.15, -0.1) is 0 Å². The lowest BCUT2D eigenvalue weighted by Crippen LogP contribution is -2.54. The van der Waals surface area contributed by atoms with Crippen LogP contribution in [0.1, 0.15) is 68.9 Å². The topological polar surface area (TPSA) is 458 Å². The molecule has 506 valence electrons. The maximum absolute atomic E-state index is 13.9. The number of benzene rings is 3. The highest BCUT2D eigenvalue weighted by Gasteiger charge is 2.38. The number of amides is 8. The molecule has 1 aliphatic carbocycles. The van der Waals surface area contributed by atoms with Crippen LogP contribution in [-0.2, 0) is 60.8 Å². The van der Waals surface area contributed by atoms with Crippen molar-refractivity contribution in [3.05, 3.63) is 77.9 Å². The largest absolute Gasteiger partial charge is 0.490 e. The van der Waals surface area contributed by atoms with Gasteiger partial charge in [0.15, 0.2) is 5.11 Å². The number of unbranched alkanes of at least 4 members (excludes halogenated alkanes) is 1. The summed E-state index contributed by atoms with van der Waals surface area (Å²) in [5.41, 5.74) is 25.1. The number of carbonyl (C=O) groups is 11. The minimum Gasteiger partial charge on any atom is -0.481 e. The smallest absolute Gasteiger partial charge is 0.481 e. The van der Waals surface area contributed by atoms with Crippen LogP contribution >= 0.6 is 12.2 Å². The number of nitrogens with one attached hydrogen (secondary N) is 6. The number of hydrogen-bond acceptors (Lipinski definition) is 16. The normalized spacial score (nSPS) is 18.1. The molecule has 2 fully saturated rings. The molecule has 4 atom stereocenters. The average molecular weight is 1320 g/mol. The van der Waals surface area contributed by atoms with Gasteiger partial charge in [0.25, 0.3) is 0 Å². The number of urea groups is 1. The van der Waals surface area contributed by atoms with Gasteiger partial charge in [-0.05, 0) is 110 Å². The maximum Gasteiger partial charge on any atom is 0.490 e. The second-order valence-electron chi connectivity index (χ2n) is 22.6. The molecule has 0 spiro atoms.